The SMILES string of the molecule is Cc1ccc2c(c1)C(C)(C)c1c-2ccc(C)c1N(c1ccc(-c2ccccc2)cc1)c1ccc2c(c1)C(C)(C)c1ccccc1-2. The van der Waals surface area contributed by atoms with Crippen molar-refractivity contribution in [2.24, 2.45) is 0 Å². The summed E-state index contributed by atoms with van der Waals surface area (Å²) in [7, 11) is 0. The Hall–Kier alpha value is -4.88. The maximum absolute atomic E-state index is 2.53. The molecular weight excluding hydrogens is 542 g/mol. The van der Waals surface area contributed by atoms with Crippen LogP contribution in [0.15, 0.2) is 127 Å². The molecule has 0 bridgehead atoms. The topological polar surface area (TPSA) is 3.24 Å². The molecule has 0 saturated heterocycles. The minimum absolute atomic E-state index is 0.0779. The van der Waals surface area contributed by atoms with Gasteiger partial charge in [-0.05, 0) is 99.3 Å². The lowest BCUT2D eigenvalue weighted by molar-refractivity contribution is 0.658. The van der Waals surface area contributed by atoms with Gasteiger partial charge in [0, 0.05) is 22.2 Å². The fraction of sp³-hybridized carbons (Fsp3) is 0.182. The Bertz CT molecular complexity index is 2110. The molecular formula is C44H39N. The van der Waals surface area contributed by atoms with E-state index in [1.54, 1.807) is 0 Å². The molecule has 0 saturated carbocycles. The highest BCUT2D eigenvalue weighted by molar-refractivity contribution is 5.93. The van der Waals surface area contributed by atoms with Crippen LogP contribution < -0.4 is 4.90 Å². The monoisotopic (exact) mass is 581 g/mol. The first-order chi connectivity index (χ1) is 21.7. The van der Waals surface area contributed by atoms with Crippen LogP contribution in [-0.4, -0.2) is 0 Å². The van der Waals surface area contributed by atoms with Crippen LogP contribution in [0.25, 0.3) is 33.4 Å². The Labute approximate surface area is 267 Å². The lowest BCUT2D eigenvalue weighted by Crippen LogP contribution is -2.22. The molecule has 0 N–H and O–H groups in total. The number of rotatable bonds is 4. The molecule has 0 heterocycles. The summed E-state index contributed by atoms with van der Waals surface area (Å²) in [6.45, 7) is 14.0. The van der Waals surface area contributed by atoms with Gasteiger partial charge in [0.05, 0.1) is 5.69 Å². The molecule has 6 aromatic carbocycles. The highest BCUT2D eigenvalue weighted by atomic mass is 15.1. The molecule has 8 rings (SSSR count). The van der Waals surface area contributed by atoms with E-state index < -0.39 is 0 Å². The van der Waals surface area contributed by atoms with Crippen molar-refractivity contribution >= 4 is 17.1 Å². The van der Waals surface area contributed by atoms with Gasteiger partial charge in [0.1, 0.15) is 0 Å². The standard InChI is InChI=1S/C44H39N/c1-28-16-23-36-37-24-17-29(2)42(41(37)44(5,6)39(36)26-28)45(32-20-18-31(19-21-32)30-12-8-7-9-13-30)33-22-25-35-34-14-10-11-15-38(34)43(3,4)40(35)27-33/h7-27H,1-6H3. The van der Waals surface area contributed by atoms with Gasteiger partial charge in [-0.25, -0.2) is 0 Å². The molecule has 0 atom stereocenters. The van der Waals surface area contributed by atoms with E-state index in [-0.39, 0.29) is 10.8 Å². The first-order valence-electron chi connectivity index (χ1n) is 16.1. The van der Waals surface area contributed by atoms with Crippen molar-refractivity contribution < 1.29 is 0 Å². The van der Waals surface area contributed by atoms with Crippen LogP contribution in [-0.2, 0) is 10.8 Å². The van der Waals surface area contributed by atoms with E-state index in [0.717, 1.165) is 0 Å². The Morgan fingerprint density at radius 1 is 0.444 bits per heavy atom. The Balaban J connectivity index is 1.37. The van der Waals surface area contributed by atoms with Gasteiger partial charge in [-0.3, -0.25) is 0 Å². The summed E-state index contributed by atoms with van der Waals surface area (Å²) in [4.78, 5) is 2.53. The third-order valence-electron chi connectivity index (χ3n) is 10.4. The van der Waals surface area contributed by atoms with Crippen molar-refractivity contribution in [3.05, 3.63) is 161 Å². The molecule has 0 aliphatic heterocycles. The highest BCUT2D eigenvalue weighted by Crippen LogP contribution is 2.56. The maximum atomic E-state index is 2.53. The number of nitrogens with zero attached hydrogens (tertiary/aromatic N) is 1. The van der Waals surface area contributed by atoms with Crippen molar-refractivity contribution in [1.29, 1.82) is 0 Å². The summed E-state index contributed by atoms with van der Waals surface area (Å²) in [5.74, 6) is 0. The first kappa shape index (κ1) is 27.7. The van der Waals surface area contributed by atoms with E-state index in [1.165, 1.54) is 83.8 Å². The lowest BCUT2D eigenvalue weighted by Gasteiger charge is -2.34. The third kappa shape index (κ3) is 4.07. The summed E-state index contributed by atoms with van der Waals surface area (Å²) < 4.78 is 0. The minimum atomic E-state index is -0.146. The van der Waals surface area contributed by atoms with E-state index in [4.69, 9.17) is 0 Å². The molecule has 0 unspecified atom stereocenters. The average Bonchev–Trinajstić information content (AvgIpc) is 3.42. The number of fused-ring (bicyclic) bond motifs is 6. The molecule has 6 aromatic rings. The zero-order valence-electron chi connectivity index (χ0n) is 27.1. The Kier molecular flexibility index (Phi) is 6.03. The molecule has 0 radical (unpaired) electrons. The number of aryl methyl sites for hydroxylation is 2. The van der Waals surface area contributed by atoms with Crippen molar-refractivity contribution in [2.45, 2.75) is 52.4 Å². The molecule has 0 fully saturated rings. The van der Waals surface area contributed by atoms with Crippen LogP contribution in [0.2, 0.25) is 0 Å². The number of hydrogen-bond acceptors (Lipinski definition) is 1. The van der Waals surface area contributed by atoms with Crippen LogP contribution >= 0.6 is 0 Å². The van der Waals surface area contributed by atoms with Gasteiger partial charge >= 0.3 is 0 Å². The quantitative estimate of drug-likeness (QED) is 0.200. The maximum Gasteiger partial charge on any atom is 0.0537 e. The van der Waals surface area contributed by atoms with Gasteiger partial charge in [0.2, 0.25) is 0 Å². The summed E-state index contributed by atoms with van der Waals surface area (Å²) in [6.07, 6.45) is 0. The smallest absolute Gasteiger partial charge is 0.0537 e. The van der Waals surface area contributed by atoms with Gasteiger partial charge in [-0.2, -0.15) is 0 Å². The zero-order valence-corrected chi connectivity index (χ0v) is 27.1. The molecule has 2 aliphatic carbocycles. The van der Waals surface area contributed by atoms with Crippen molar-refractivity contribution in [1.82, 2.24) is 0 Å². The molecule has 0 aromatic heterocycles. The van der Waals surface area contributed by atoms with E-state index in [9.17, 15) is 0 Å². The molecule has 0 amide bonds. The summed E-state index contributed by atoms with van der Waals surface area (Å²) in [5, 5.41) is 0. The second kappa shape index (κ2) is 9.81. The van der Waals surface area contributed by atoms with Gasteiger partial charge in [-0.15, -0.1) is 0 Å². The van der Waals surface area contributed by atoms with Crippen LogP contribution in [0.3, 0.4) is 0 Å². The van der Waals surface area contributed by atoms with Gasteiger partial charge in [0.15, 0.2) is 0 Å². The van der Waals surface area contributed by atoms with Crippen LogP contribution in [0.1, 0.15) is 61.1 Å². The zero-order chi connectivity index (χ0) is 31.1. The average molecular weight is 582 g/mol. The Morgan fingerprint density at radius 3 is 1.80 bits per heavy atom. The third-order valence-corrected chi connectivity index (χ3v) is 10.4. The normalized spacial score (nSPS) is 14.8. The predicted octanol–water partition coefficient (Wildman–Crippen LogP) is 12.1. The van der Waals surface area contributed by atoms with Gasteiger partial charge in [0.25, 0.3) is 0 Å². The largest absolute Gasteiger partial charge is 0.310 e. The molecule has 1 nitrogen and oxygen atoms in total. The number of benzene rings is 6. The molecule has 220 valence electrons. The first-order valence-corrected chi connectivity index (χ1v) is 16.1. The summed E-state index contributed by atoms with van der Waals surface area (Å²) >= 11 is 0. The van der Waals surface area contributed by atoms with E-state index >= 15 is 0 Å². The summed E-state index contributed by atoms with van der Waals surface area (Å²) in [6, 6.07) is 47.5. The fourth-order valence-corrected chi connectivity index (χ4v) is 8.06. The second-order valence-electron chi connectivity index (χ2n) is 14.0. The van der Waals surface area contributed by atoms with Crippen molar-refractivity contribution in [3.8, 4) is 33.4 Å². The minimum Gasteiger partial charge on any atom is -0.310 e. The van der Waals surface area contributed by atoms with E-state index in [2.05, 4.69) is 174 Å². The highest BCUT2D eigenvalue weighted by Gasteiger charge is 2.40. The molecule has 0 spiro atoms. The molecule has 45 heavy (non-hydrogen) atoms. The van der Waals surface area contributed by atoms with Crippen LogP contribution in [0, 0.1) is 13.8 Å². The lowest BCUT2D eigenvalue weighted by atomic mass is 9.80. The van der Waals surface area contributed by atoms with E-state index in [1.807, 2.05) is 0 Å². The fourth-order valence-electron chi connectivity index (χ4n) is 8.06. The molecule has 2 aliphatic rings. The second-order valence-corrected chi connectivity index (χ2v) is 14.0. The van der Waals surface area contributed by atoms with Crippen molar-refractivity contribution in [2.75, 3.05) is 4.90 Å². The van der Waals surface area contributed by atoms with Gasteiger partial charge < -0.3 is 4.90 Å². The van der Waals surface area contributed by atoms with Gasteiger partial charge in [-0.1, -0.05) is 136 Å². The predicted molar refractivity (Wildman–Crippen MR) is 191 cm³/mol. The van der Waals surface area contributed by atoms with Crippen LogP contribution in [0.5, 0.6) is 0 Å². The van der Waals surface area contributed by atoms with Crippen molar-refractivity contribution in [3.63, 3.8) is 0 Å². The number of anilines is 3. The van der Waals surface area contributed by atoms with Crippen LogP contribution in [0.4, 0.5) is 17.1 Å². The van der Waals surface area contributed by atoms with E-state index in [0.29, 0.717) is 0 Å². The molecule has 1 heteroatoms. The number of hydrogen-bond donors (Lipinski definition) is 0. The summed E-state index contributed by atoms with van der Waals surface area (Å²) in [5.41, 5.74) is 19.5. The Morgan fingerprint density at radius 2 is 1.02 bits per heavy atom.